The van der Waals surface area contributed by atoms with Crippen LogP contribution in [0.4, 0.5) is 19.0 Å². The fraction of sp³-hybridized carbons (Fsp3) is 0.250. The number of nitrogens with zero attached hydrogens (tertiary/aromatic N) is 2. The summed E-state index contributed by atoms with van der Waals surface area (Å²) in [5.74, 6) is -1.61. The third-order valence-electron chi connectivity index (χ3n) is 6.05. The number of halogens is 4. The lowest BCUT2D eigenvalue weighted by Gasteiger charge is -2.25. The van der Waals surface area contributed by atoms with Gasteiger partial charge in [-0.15, -0.1) is 0 Å². The van der Waals surface area contributed by atoms with E-state index >= 15 is 0 Å². The topological polar surface area (TPSA) is 87.6 Å². The van der Waals surface area contributed by atoms with Gasteiger partial charge < -0.3 is 5.11 Å². The van der Waals surface area contributed by atoms with E-state index < -0.39 is 32.8 Å². The van der Waals surface area contributed by atoms with Crippen LogP contribution in [0.5, 0.6) is 0 Å². The van der Waals surface area contributed by atoms with Crippen LogP contribution in [0, 0.1) is 0 Å². The summed E-state index contributed by atoms with van der Waals surface area (Å²) < 4.78 is 67.2. The predicted octanol–water partition coefficient (Wildman–Crippen LogP) is 5.90. The first-order chi connectivity index (χ1) is 16.3. The van der Waals surface area contributed by atoms with Crippen molar-refractivity contribution in [2.45, 2.75) is 42.8 Å². The first kappa shape index (κ1) is 25.0. The summed E-state index contributed by atoms with van der Waals surface area (Å²) in [4.78, 5) is 14.6. The van der Waals surface area contributed by atoms with Crippen molar-refractivity contribution in [1.29, 1.82) is 0 Å². The van der Waals surface area contributed by atoms with Crippen molar-refractivity contribution < 1.29 is 31.5 Å². The number of pyridine rings is 1. The van der Waals surface area contributed by atoms with Crippen molar-refractivity contribution in [2.24, 2.45) is 0 Å². The SMILES string of the molecule is CC1(c2ccc(CN(c3ncc(C(F)(F)F)cc3Cl)S(=O)(=O)c3ccc(C(=O)O)cc3)cc2)CC1. The molecule has 0 saturated heterocycles. The fourth-order valence-corrected chi connectivity index (χ4v) is 5.34. The van der Waals surface area contributed by atoms with Gasteiger partial charge in [-0.05, 0) is 59.7 Å². The lowest BCUT2D eigenvalue weighted by Crippen LogP contribution is -2.32. The lowest BCUT2D eigenvalue weighted by molar-refractivity contribution is -0.137. The zero-order valence-electron chi connectivity index (χ0n) is 18.4. The molecule has 0 bridgehead atoms. The van der Waals surface area contributed by atoms with E-state index in [1.54, 1.807) is 12.1 Å². The standard InChI is InChI=1S/C24H20ClF3N2O4S/c1-23(10-11-23)17-6-2-15(3-7-17)14-30(21-20(25)12-18(13-29-21)24(26,27)28)35(33,34)19-8-4-16(5-9-19)22(31)32/h2-9,12-13H,10-11,14H2,1H3,(H,31,32). The summed E-state index contributed by atoms with van der Waals surface area (Å²) >= 11 is 6.10. The van der Waals surface area contributed by atoms with Crippen molar-refractivity contribution in [3.63, 3.8) is 0 Å². The Morgan fingerprint density at radius 2 is 1.71 bits per heavy atom. The van der Waals surface area contributed by atoms with Crippen molar-refractivity contribution in [3.8, 4) is 0 Å². The maximum absolute atomic E-state index is 13.5. The highest BCUT2D eigenvalue weighted by atomic mass is 35.5. The molecule has 0 radical (unpaired) electrons. The van der Waals surface area contributed by atoms with Gasteiger partial charge in [0.1, 0.15) is 0 Å². The molecule has 1 saturated carbocycles. The fourth-order valence-electron chi connectivity index (χ4n) is 3.59. The van der Waals surface area contributed by atoms with Gasteiger partial charge in [-0.1, -0.05) is 42.8 Å². The molecule has 1 fully saturated rings. The number of hydrogen-bond donors (Lipinski definition) is 1. The Balaban J connectivity index is 1.76. The molecule has 11 heteroatoms. The van der Waals surface area contributed by atoms with Crippen LogP contribution in [-0.2, 0) is 28.2 Å². The van der Waals surface area contributed by atoms with Gasteiger partial charge in [-0.3, -0.25) is 0 Å². The van der Waals surface area contributed by atoms with Gasteiger partial charge in [0, 0.05) is 6.20 Å². The Morgan fingerprint density at radius 3 is 2.20 bits per heavy atom. The summed E-state index contributed by atoms with van der Waals surface area (Å²) in [6.45, 7) is 1.88. The highest BCUT2D eigenvalue weighted by Crippen LogP contribution is 2.47. The minimum Gasteiger partial charge on any atom is -0.478 e. The molecule has 1 aliphatic carbocycles. The molecule has 1 heterocycles. The zero-order chi connectivity index (χ0) is 25.6. The van der Waals surface area contributed by atoms with E-state index in [1.165, 1.54) is 0 Å². The number of hydrogen-bond acceptors (Lipinski definition) is 4. The third kappa shape index (κ3) is 5.13. The molecule has 0 unspecified atom stereocenters. The minimum absolute atomic E-state index is 0.106. The number of carboxylic acids is 1. The molecule has 0 aliphatic heterocycles. The molecule has 6 nitrogen and oxygen atoms in total. The van der Waals surface area contributed by atoms with E-state index in [0.29, 0.717) is 17.8 Å². The monoisotopic (exact) mass is 524 g/mol. The van der Waals surface area contributed by atoms with E-state index in [0.717, 1.165) is 47.0 Å². The second-order valence-corrected chi connectivity index (χ2v) is 10.9. The van der Waals surface area contributed by atoms with Gasteiger partial charge in [0.2, 0.25) is 0 Å². The van der Waals surface area contributed by atoms with Crippen LogP contribution in [-0.4, -0.2) is 24.5 Å². The third-order valence-corrected chi connectivity index (χ3v) is 8.08. The van der Waals surface area contributed by atoms with Crippen LogP contribution < -0.4 is 4.31 Å². The molecular formula is C24H20ClF3N2O4S. The van der Waals surface area contributed by atoms with E-state index in [-0.39, 0.29) is 28.2 Å². The average molecular weight is 525 g/mol. The smallest absolute Gasteiger partial charge is 0.417 e. The highest BCUT2D eigenvalue weighted by Gasteiger charge is 2.39. The van der Waals surface area contributed by atoms with Crippen molar-refractivity contribution in [2.75, 3.05) is 4.31 Å². The van der Waals surface area contributed by atoms with E-state index in [2.05, 4.69) is 11.9 Å². The number of sulfonamides is 1. The summed E-state index contributed by atoms with van der Waals surface area (Å²) in [6.07, 6.45) is -2.07. The number of aromatic nitrogens is 1. The number of carbonyl (C=O) groups is 1. The summed E-state index contributed by atoms with van der Waals surface area (Å²) in [5.41, 5.74) is 0.558. The molecule has 2 aromatic carbocycles. The van der Waals surface area contributed by atoms with Crippen molar-refractivity contribution >= 4 is 33.4 Å². The van der Waals surface area contributed by atoms with Gasteiger partial charge in [0.25, 0.3) is 10.0 Å². The van der Waals surface area contributed by atoms with Crippen LogP contribution in [0.3, 0.4) is 0 Å². The number of benzene rings is 2. The molecule has 1 aromatic heterocycles. The van der Waals surface area contributed by atoms with Crippen molar-refractivity contribution in [3.05, 3.63) is 88.1 Å². The molecule has 1 aliphatic rings. The molecule has 0 atom stereocenters. The molecule has 35 heavy (non-hydrogen) atoms. The van der Waals surface area contributed by atoms with Crippen LogP contribution in [0.15, 0.2) is 65.7 Å². The average Bonchev–Trinajstić information content (AvgIpc) is 3.56. The highest BCUT2D eigenvalue weighted by molar-refractivity contribution is 7.92. The van der Waals surface area contributed by atoms with Gasteiger partial charge in [0.15, 0.2) is 5.82 Å². The molecular weight excluding hydrogens is 505 g/mol. The van der Waals surface area contributed by atoms with E-state index in [4.69, 9.17) is 16.7 Å². The second-order valence-electron chi connectivity index (χ2n) is 8.63. The summed E-state index contributed by atoms with van der Waals surface area (Å²) in [6, 6.07) is 12.4. The minimum atomic E-state index is -4.71. The van der Waals surface area contributed by atoms with Gasteiger partial charge in [-0.25, -0.2) is 22.5 Å². The largest absolute Gasteiger partial charge is 0.478 e. The number of anilines is 1. The quantitative estimate of drug-likeness (QED) is 0.416. The Bertz CT molecular complexity index is 1370. The van der Waals surface area contributed by atoms with Gasteiger partial charge in [-0.2, -0.15) is 13.2 Å². The summed E-state index contributed by atoms with van der Waals surface area (Å²) in [7, 11) is -4.38. The normalized spacial score (nSPS) is 15.0. The van der Waals surface area contributed by atoms with Crippen LogP contribution in [0.2, 0.25) is 5.02 Å². The molecule has 3 aromatic rings. The zero-order valence-corrected chi connectivity index (χ0v) is 20.0. The van der Waals surface area contributed by atoms with Crippen molar-refractivity contribution in [1.82, 2.24) is 4.98 Å². The maximum Gasteiger partial charge on any atom is 0.417 e. The first-order valence-electron chi connectivity index (χ1n) is 10.5. The number of alkyl halides is 3. The Morgan fingerprint density at radius 1 is 1.11 bits per heavy atom. The predicted molar refractivity (Wildman–Crippen MR) is 124 cm³/mol. The molecule has 0 spiro atoms. The van der Waals surface area contributed by atoms with Gasteiger partial charge >= 0.3 is 12.1 Å². The Labute approximate surface area is 205 Å². The van der Waals surface area contributed by atoms with E-state index in [9.17, 15) is 26.4 Å². The Kier molecular flexibility index (Phi) is 6.31. The Hall–Kier alpha value is -3.11. The first-order valence-corrected chi connectivity index (χ1v) is 12.3. The molecule has 0 amide bonds. The number of aromatic carboxylic acids is 1. The maximum atomic E-state index is 13.5. The molecule has 184 valence electrons. The van der Waals surface area contributed by atoms with E-state index in [1.807, 2.05) is 12.1 Å². The lowest BCUT2D eigenvalue weighted by atomic mass is 9.97. The second kappa shape index (κ2) is 8.83. The number of rotatable bonds is 7. The van der Waals surface area contributed by atoms with Crippen LogP contribution in [0.1, 0.15) is 46.8 Å². The molecule has 4 rings (SSSR count). The van der Waals surface area contributed by atoms with Gasteiger partial charge in [0.05, 0.1) is 27.6 Å². The number of carboxylic acid groups (broad SMARTS) is 1. The van der Waals surface area contributed by atoms with Crippen LogP contribution in [0.25, 0.3) is 0 Å². The molecule has 1 N–H and O–H groups in total. The summed E-state index contributed by atoms with van der Waals surface area (Å²) in [5, 5.41) is 8.60. The van der Waals surface area contributed by atoms with Crippen LogP contribution >= 0.6 is 11.6 Å².